The Kier molecular flexibility index (Phi) is 8.13. The van der Waals surface area contributed by atoms with Crippen LogP contribution < -0.4 is 14.8 Å². The highest BCUT2D eigenvalue weighted by atomic mass is 32.2. The molecule has 10 heteroatoms. The molecule has 0 fully saturated rings. The van der Waals surface area contributed by atoms with Gasteiger partial charge in [0.25, 0.3) is 5.91 Å². The first-order valence-corrected chi connectivity index (χ1v) is 11.9. The van der Waals surface area contributed by atoms with Crippen LogP contribution in [0.3, 0.4) is 0 Å². The van der Waals surface area contributed by atoms with E-state index in [2.05, 4.69) is 15.0 Å². The van der Waals surface area contributed by atoms with Gasteiger partial charge >= 0.3 is 0 Å². The molecule has 0 unspecified atom stereocenters. The van der Waals surface area contributed by atoms with E-state index < -0.39 is 15.9 Å². The maximum absolute atomic E-state index is 12.6. The van der Waals surface area contributed by atoms with E-state index in [0.29, 0.717) is 37.4 Å². The molecule has 3 aromatic rings. The Balaban J connectivity index is 1.61. The molecule has 0 saturated heterocycles. The maximum Gasteiger partial charge on any atom is 0.255 e. The number of aromatic nitrogens is 1. The van der Waals surface area contributed by atoms with Crippen LogP contribution >= 0.6 is 11.3 Å². The maximum atomic E-state index is 12.6. The van der Waals surface area contributed by atoms with Crippen LogP contribution in [0.4, 0.5) is 5.69 Å². The predicted molar refractivity (Wildman–Crippen MR) is 119 cm³/mol. The van der Waals surface area contributed by atoms with Crippen molar-refractivity contribution in [2.45, 2.75) is 11.3 Å². The summed E-state index contributed by atoms with van der Waals surface area (Å²) in [5.74, 6) is -0.124. The number of hydrogen-bond donors (Lipinski definition) is 2. The van der Waals surface area contributed by atoms with Crippen molar-refractivity contribution >= 4 is 33.0 Å². The van der Waals surface area contributed by atoms with E-state index in [1.165, 1.54) is 24.3 Å². The van der Waals surface area contributed by atoms with Crippen LogP contribution in [0.1, 0.15) is 15.2 Å². The summed E-state index contributed by atoms with van der Waals surface area (Å²) >= 11 is 1.58. The molecule has 164 valence electrons. The van der Waals surface area contributed by atoms with Crippen molar-refractivity contribution in [1.29, 1.82) is 0 Å². The number of ether oxygens (including phenoxy) is 2. The third-order valence-corrected chi connectivity index (χ3v) is 6.63. The molecule has 2 N–H and O–H groups in total. The molecule has 0 aliphatic carbocycles. The molecule has 0 aliphatic rings. The highest BCUT2D eigenvalue weighted by molar-refractivity contribution is 7.89. The number of amides is 1. The SMILES string of the molecule is COCCOc1ncccc1NC(=O)c1ccc(S(=O)(=O)NCCc2cccs2)cc1. The number of carbonyl (C=O) groups excluding carboxylic acids is 1. The van der Waals surface area contributed by atoms with Crippen LogP contribution in [0.25, 0.3) is 0 Å². The van der Waals surface area contributed by atoms with Crippen molar-refractivity contribution in [3.63, 3.8) is 0 Å². The zero-order valence-corrected chi connectivity index (χ0v) is 18.5. The molecular weight excluding hydrogens is 438 g/mol. The van der Waals surface area contributed by atoms with Crippen molar-refractivity contribution in [3.8, 4) is 5.88 Å². The molecule has 0 bridgehead atoms. The number of thiophene rings is 1. The van der Waals surface area contributed by atoms with Crippen molar-refractivity contribution in [2.75, 3.05) is 32.2 Å². The van der Waals surface area contributed by atoms with Gasteiger partial charge in [0.05, 0.1) is 11.5 Å². The summed E-state index contributed by atoms with van der Waals surface area (Å²) in [6, 6.07) is 13.0. The summed E-state index contributed by atoms with van der Waals surface area (Å²) in [6.45, 7) is 0.988. The van der Waals surface area contributed by atoms with Gasteiger partial charge in [-0.05, 0) is 54.3 Å². The van der Waals surface area contributed by atoms with Gasteiger partial charge in [-0.3, -0.25) is 4.79 Å². The molecule has 2 aromatic heterocycles. The Bertz CT molecular complexity index is 1080. The number of carbonyl (C=O) groups is 1. The van der Waals surface area contributed by atoms with Crippen LogP contribution in [-0.2, 0) is 21.2 Å². The summed E-state index contributed by atoms with van der Waals surface area (Å²) < 4.78 is 37.9. The Labute approximate surface area is 185 Å². The molecule has 2 heterocycles. The molecule has 1 aromatic carbocycles. The number of hydrogen-bond acceptors (Lipinski definition) is 7. The Morgan fingerprint density at radius 3 is 2.61 bits per heavy atom. The summed E-state index contributed by atoms with van der Waals surface area (Å²) in [4.78, 5) is 17.9. The summed E-state index contributed by atoms with van der Waals surface area (Å²) in [5.41, 5.74) is 0.722. The number of benzene rings is 1. The minimum atomic E-state index is -3.65. The second-order valence-corrected chi connectivity index (χ2v) is 9.20. The van der Waals surface area contributed by atoms with Gasteiger partial charge in [0, 0.05) is 30.3 Å². The average Bonchev–Trinajstić information content (AvgIpc) is 3.28. The predicted octanol–water partition coefficient (Wildman–Crippen LogP) is 2.94. The monoisotopic (exact) mass is 461 g/mol. The zero-order valence-electron chi connectivity index (χ0n) is 16.9. The van der Waals surface area contributed by atoms with Gasteiger partial charge in [-0.15, -0.1) is 11.3 Å². The second-order valence-electron chi connectivity index (χ2n) is 6.40. The fourth-order valence-corrected chi connectivity index (χ4v) is 4.39. The molecule has 0 aliphatic heterocycles. The number of methoxy groups -OCH3 is 1. The van der Waals surface area contributed by atoms with Crippen molar-refractivity contribution in [3.05, 3.63) is 70.5 Å². The lowest BCUT2D eigenvalue weighted by molar-refractivity contribution is 0.102. The fraction of sp³-hybridized carbons (Fsp3) is 0.238. The van der Waals surface area contributed by atoms with E-state index in [-0.39, 0.29) is 10.8 Å². The summed E-state index contributed by atoms with van der Waals surface area (Å²) in [6.07, 6.45) is 2.18. The molecule has 0 radical (unpaired) electrons. The summed E-state index contributed by atoms with van der Waals surface area (Å²) in [7, 11) is -2.09. The van der Waals surface area contributed by atoms with E-state index in [4.69, 9.17) is 9.47 Å². The van der Waals surface area contributed by atoms with Crippen LogP contribution in [0.5, 0.6) is 5.88 Å². The molecule has 1 amide bonds. The molecule has 3 rings (SSSR count). The summed E-state index contributed by atoms with van der Waals surface area (Å²) in [5, 5.41) is 4.68. The first kappa shape index (κ1) is 22.9. The number of nitrogens with zero attached hydrogens (tertiary/aromatic N) is 1. The molecule has 8 nitrogen and oxygen atoms in total. The van der Waals surface area contributed by atoms with E-state index in [1.807, 2.05) is 17.5 Å². The number of sulfonamides is 1. The van der Waals surface area contributed by atoms with Gasteiger partial charge in [0.1, 0.15) is 12.3 Å². The standard InChI is InChI=1S/C21H23N3O5S2/c1-28-13-14-29-21-19(5-2-11-22-21)24-20(25)16-6-8-18(9-7-16)31(26,27)23-12-10-17-4-3-15-30-17/h2-9,11,15,23H,10,12-14H2,1H3,(H,24,25). The number of nitrogens with one attached hydrogen (secondary N) is 2. The number of anilines is 1. The first-order valence-electron chi connectivity index (χ1n) is 9.50. The highest BCUT2D eigenvalue weighted by Gasteiger charge is 2.16. The minimum absolute atomic E-state index is 0.0974. The quantitative estimate of drug-likeness (QED) is 0.425. The Morgan fingerprint density at radius 1 is 1.10 bits per heavy atom. The van der Waals surface area contributed by atoms with Crippen LogP contribution in [0.15, 0.2) is 65.0 Å². The lowest BCUT2D eigenvalue weighted by Crippen LogP contribution is -2.26. The largest absolute Gasteiger partial charge is 0.474 e. The van der Waals surface area contributed by atoms with E-state index in [9.17, 15) is 13.2 Å². The lowest BCUT2D eigenvalue weighted by atomic mass is 10.2. The van der Waals surface area contributed by atoms with Gasteiger partial charge in [-0.1, -0.05) is 6.07 Å². The average molecular weight is 462 g/mol. The third-order valence-electron chi connectivity index (χ3n) is 4.22. The molecule has 0 saturated carbocycles. The zero-order chi connectivity index (χ0) is 22.1. The molecule has 31 heavy (non-hydrogen) atoms. The van der Waals surface area contributed by atoms with Gasteiger partial charge in [-0.2, -0.15) is 0 Å². The van der Waals surface area contributed by atoms with E-state index >= 15 is 0 Å². The Morgan fingerprint density at radius 2 is 1.90 bits per heavy atom. The van der Waals surface area contributed by atoms with Crippen LogP contribution in [0, 0.1) is 0 Å². The van der Waals surface area contributed by atoms with Gasteiger partial charge in [0.2, 0.25) is 15.9 Å². The Hall–Kier alpha value is -2.79. The molecule has 0 spiro atoms. The third kappa shape index (κ3) is 6.59. The van der Waals surface area contributed by atoms with Crippen LogP contribution in [-0.4, -0.2) is 46.2 Å². The number of pyridine rings is 1. The van der Waals surface area contributed by atoms with Crippen molar-refractivity contribution < 1.29 is 22.7 Å². The van der Waals surface area contributed by atoms with Crippen molar-refractivity contribution in [2.24, 2.45) is 0 Å². The smallest absolute Gasteiger partial charge is 0.255 e. The van der Waals surface area contributed by atoms with Crippen molar-refractivity contribution in [1.82, 2.24) is 9.71 Å². The minimum Gasteiger partial charge on any atom is -0.474 e. The van der Waals surface area contributed by atoms with Gasteiger partial charge in [-0.25, -0.2) is 18.1 Å². The van der Waals surface area contributed by atoms with Gasteiger partial charge in [0.15, 0.2) is 0 Å². The van der Waals surface area contributed by atoms with E-state index in [0.717, 1.165) is 4.88 Å². The normalized spacial score (nSPS) is 11.3. The first-order chi connectivity index (χ1) is 15.0. The highest BCUT2D eigenvalue weighted by Crippen LogP contribution is 2.21. The molecular formula is C21H23N3O5S2. The van der Waals surface area contributed by atoms with Gasteiger partial charge < -0.3 is 14.8 Å². The van der Waals surface area contributed by atoms with Crippen LogP contribution in [0.2, 0.25) is 0 Å². The van der Waals surface area contributed by atoms with E-state index in [1.54, 1.807) is 36.8 Å². The lowest BCUT2D eigenvalue weighted by Gasteiger charge is -2.11. The number of rotatable bonds is 11. The fourth-order valence-electron chi connectivity index (χ4n) is 2.65. The second kappa shape index (κ2) is 11.0. The topological polar surface area (TPSA) is 107 Å². The molecule has 0 atom stereocenters.